The summed E-state index contributed by atoms with van der Waals surface area (Å²) >= 11 is 1.37. The van der Waals surface area contributed by atoms with Crippen LogP contribution < -0.4 is 10.7 Å². The highest BCUT2D eigenvalue weighted by atomic mass is 32.1. The molecule has 0 spiro atoms. The number of amides is 1. The van der Waals surface area contributed by atoms with E-state index in [4.69, 9.17) is 0 Å². The number of benzene rings is 1. The molecule has 2 aromatic heterocycles. The van der Waals surface area contributed by atoms with Crippen molar-refractivity contribution in [3.63, 3.8) is 0 Å². The fraction of sp³-hybridized carbons (Fsp3) is 0.158. The second-order valence-electron chi connectivity index (χ2n) is 5.54. The predicted octanol–water partition coefficient (Wildman–Crippen LogP) is 4.16. The van der Waals surface area contributed by atoms with Crippen LogP contribution in [0.4, 0.5) is 5.69 Å². The minimum atomic E-state index is -0.258. The molecular weight excluding hydrogens is 320 g/mol. The number of anilines is 1. The highest BCUT2D eigenvalue weighted by Gasteiger charge is 2.16. The SMILES string of the molecule is CCn1ccc(=O)c(NC(=O)c2sccc2-c2ccc(C)cc2)c1. The molecule has 0 atom stereocenters. The summed E-state index contributed by atoms with van der Waals surface area (Å²) in [5.41, 5.74) is 3.15. The van der Waals surface area contributed by atoms with E-state index in [-0.39, 0.29) is 11.3 Å². The van der Waals surface area contributed by atoms with Crippen molar-refractivity contribution < 1.29 is 4.79 Å². The van der Waals surface area contributed by atoms with Gasteiger partial charge in [-0.15, -0.1) is 11.3 Å². The van der Waals surface area contributed by atoms with Crippen molar-refractivity contribution >= 4 is 22.9 Å². The van der Waals surface area contributed by atoms with Gasteiger partial charge < -0.3 is 9.88 Å². The van der Waals surface area contributed by atoms with Crippen LogP contribution in [-0.2, 0) is 6.54 Å². The minimum absolute atomic E-state index is 0.193. The van der Waals surface area contributed by atoms with E-state index in [0.29, 0.717) is 10.6 Å². The monoisotopic (exact) mass is 338 g/mol. The molecule has 1 aromatic carbocycles. The van der Waals surface area contributed by atoms with Crippen molar-refractivity contribution in [3.8, 4) is 11.1 Å². The Hall–Kier alpha value is -2.66. The molecule has 4 nitrogen and oxygen atoms in total. The molecule has 0 bridgehead atoms. The number of aryl methyl sites for hydroxylation is 2. The molecule has 0 unspecified atom stereocenters. The van der Waals surface area contributed by atoms with Gasteiger partial charge in [-0.1, -0.05) is 29.8 Å². The second-order valence-corrected chi connectivity index (χ2v) is 6.45. The molecular formula is C19H18N2O2S. The van der Waals surface area contributed by atoms with Crippen LogP contribution in [-0.4, -0.2) is 10.5 Å². The lowest BCUT2D eigenvalue weighted by Gasteiger charge is -2.08. The summed E-state index contributed by atoms with van der Waals surface area (Å²) in [5.74, 6) is -0.258. The molecule has 0 saturated carbocycles. The Labute approximate surface area is 144 Å². The van der Waals surface area contributed by atoms with Gasteiger partial charge in [-0.05, 0) is 30.9 Å². The fourth-order valence-electron chi connectivity index (χ4n) is 2.44. The highest BCUT2D eigenvalue weighted by Crippen LogP contribution is 2.29. The van der Waals surface area contributed by atoms with Crippen molar-refractivity contribution in [3.05, 3.63) is 74.8 Å². The van der Waals surface area contributed by atoms with Crippen LogP contribution in [0.25, 0.3) is 11.1 Å². The van der Waals surface area contributed by atoms with Crippen molar-refractivity contribution in [2.45, 2.75) is 20.4 Å². The lowest BCUT2D eigenvalue weighted by atomic mass is 10.0. The van der Waals surface area contributed by atoms with Gasteiger partial charge in [0.25, 0.3) is 5.91 Å². The number of hydrogen-bond acceptors (Lipinski definition) is 3. The molecule has 0 radical (unpaired) electrons. The van der Waals surface area contributed by atoms with Gasteiger partial charge in [0.1, 0.15) is 5.69 Å². The van der Waals surface area contributed by atoms with Gasteiger partial charge >= 0.3 is 0 Å². The van der Waals surface area contributed by atoms with Crippen LogP contribution in [0.15, 0.2) is 59.0 Å². The van der Waals surface area contributed by atoms with Gasteiger partial charge in [-0.3, -0.25) is 9.59 Å². The molecule has 1 N–H and O–H groups in total. The Morgan fingerprint density at radius 1 is 1.17 bits per heavy atom. The number of aromatic nitrogens is 1. The molecule has 0 fully saturated rings. The lowest BCUT2D eigenvalue weighted by molar-refractivity contribution is 0.103. The van der Waals surface area contributed by atoms with E-state index in [9.17, 15) is 9.59 Å². The van der Waals surface area contributed by atoms with Crippen molar-refractivity contribution in [2.75, 3.05) is 5.32 Å². The first kappa shape index (κ1) is 16.2. The summed E-state index contributed by atoms with van der Waals surface area (Å²) in [5, 5.41) is 4.64. The summed E-state index contributed by atoms with van der Waals surface area (Å²) < 4.78 is 1.85. The number of nitrogens with zero attached hydrogens (tertiary/aromatic N) is 1. The zero-order chi connectivity index (χ0) is 17.1. The van der Waals surface area contributed by atoms with Gasteiger partial charge in [0, 0.05) is 30.6 Å². The summed E-state index contributed by atoms with van der Waals surface area (Å²) in [7, 11) is 0. The maximum Gasteiger partial charge on any atom is 0.266 e. The Morgan fingerprint density at radius 3 is 2.62 bits per heavy atom. The Kier molecular flexibility index (Phi) is 4.62. The topological polar surface area (TPSA) is 51.1 Å². The molecule has 0 saturated heterocycles. The number of carbonyl (C=O) groups is 1. The molecule has 0 aliphatic heterocycles. The third kappa shape index (κ3) is 3.31. The number of thiophene rings is 1. The molecule has 0 aliphatic carbocycles. The maximum atomic E-state index is 12.6. The first-order valence-electron chi connectivity index (χ1n) is 7.74. The molecule has 1 amide bonds. The molecule has 3 rings (SSSR count). The summed E-state index contributed by atoms with van der Waals surface area (Å²) in [6.45, 7) is 4.74. The number of rotatable bonds is 4. The Morgan fingerprint density at radius 2 is 1.92 bits per heavy atom. The fourth-order valence-corrected chi connectivity index (χ4v) is 3.25. The average molecular weight is 338 g/mol. The van der Waals surface area contributed by atoms with Crippen molar-refractivity contribution in [2.24, 2.45) is 0 Å². The van der Waals surface area contributed by atoms with Crippen LogP contribution in [0.2, 0.25) is 0 Å². The van der Waals surface area contributed by atoms with Gasteiger partial charge in [-0.2, -0.15) is 0 Å². The van der Waals surface area contributed by atoms with E-state index in [1.807, 2.05) is 54.1 Å². The number of hydrogen-bond donors (Lipinski definition) is 1. The predicted molar refractivity (Wildman–Crippen MR) is 98.8 cm³/mol. The molecule has 3 aromatic rings. The molecule has 122 valence electrons. The highest BCUT2D eigenvalue weighted by molar-refractivity contribution is 7.12. The Bertz CT molecular complexity index is 923. The van der Waals surface area contributed by atoms with E-state index in [2.05, 4.69) is 5.32 Å². The van der Waals surface area contributed by atoms with E-state index in [0.717, 1.165) is 17.7 Å². The third-order valence-corrected chi connectivity index (χ3v) is 4.74. The molecule has 24 heavy (non-hydrogen) atoms. The molecule has 2 heterocycles. The maximum absolute atomic E-state index is 12.6. The van der Waals surface area contributed by atoms with Gasteiger partial charge in [-0.25, -0.2) is 0 Å². The zero-order valence-electron chi connectivity index (χ0n) is 13.6. The van der Waals surface area contributed by atoms with Crippen LogP contribution in [0.1, 0.15) is 22.2 Å². The van der Waals surface area contributed by atoms with Crippen LogP contribution in [0.5, 0.6) is 0 Å². The van der Waals surface area contributed by atoms with Gasteiger partial charge in [0.2, 0.25) is 5.43 Å². The third-order valence-electron chi connectivity index (χ3n) is 3.83. The van der Waals surface area contributed by atoms with Crippen molar-refractivity contribution in [1.82, 2.24) is 4.57 Å². The summed E-state index contributed by atoms with van der Waals surface area (Å²) in [4.78, 5) is 25.2. The first-order valence-corrected chi connectivity index (χ1v) is 8.62. The van der Waals surface area contributed by atoms with Crippen molar-refractivity contribution in [1.29, 1.82) is 0 Å². The van der Waals surface area contributed by atoms with Gasteiger partial charge in [0.05, 0.1) is 4.88 Å². The van der Waals surface area contributed by atoms with Crippen LogP contribution in [0, 0.1) is 6.92 Å². The van der Waals surface area contributed by atoms with Crippen LogP contribution >= 0.6 is 11.3 Å². The van der Waals surface area contributed by atoms with E-state index >= 15 is 0 Å². The first-order chi connectivity index (χ1) is 11.6. The van der Waals surface area contributed by atoms with Gasteiger partial charge in [0.15, 0.2) is 0 Å². The zero-order valence-corrected chi connectivity index (χ0v) is 14.4. The standard InChI is InChI=1S/C19H18N2O2S/c1-3-21-10-8-17(22)16(12-21)20-19(23)18-15(9-11-24-18)14-6-4-13(2)5-7-14/h4-12H,3H2,1-2H3,(H,20,23). The second kappa shape index (κ2) is 6.84. The van der Waals surface area contributed by atoms with E-state index < -0.39 is 0 Å². The normalized spacial score (nSPS) is 10.6. The summed E-state index contributed by atoms with van der Waals surface area (Å²) in [6, 6.07) is 11.4. The lowest BCUT2D eigenvalue weighted by Crippen LogP contribution is -2.19. The van der Waals surface area contributed by atoms with E-state index in [1.54, 1.807) is 12.4 Å². The summed E-state index contributed by atoms with van der Waals surface area (Å²) in [6.07, 6.45) is 3.38. The molecule has 5 heteroatoms. The molecule has 0 aliphatic rings. The minimum Gasteiger partial charge on any atom is -0.352 e. The average Bonchev–Trinajstić information content (AvgIpc) is 3.07. The van der Waals surface area contributed by atoms with Crippen LogP contribution in [0.3, 0.4) is 0 Å². The Balaban J connectivity index is 1.91. The largest absolute Gasteiger partial charge is 0.352 e. The number of nitrogens with one attached hydrogen (secondary N) is 1. The number of pyridine rings is 1. The quantitative estimate of drug-likeness (QED) is 0.776. The smallest absolute Gasteiger partial charge is 0.266 e. The van der Waals surface area contributed by atoms with E-state index in [1.165, 1.54) is 23.0 Å². The number of carbonyl (C=O) groups excluding carboxylic acids is 1.